The molecule has 0 saturated carbocycles. The van der Waals surface area contributed by atoms with E-state index in [1.165, 1.54) is 12.1 Å². The number of aromatic nitrogens is 3. The normalized spacial score (nSPS) is 12.7. The molecule has 3 aromatic heterocycles. The minimum atomic E-state index is -1.22. The Hall–Kier alpha value is -2.70. The Kier molecular flexibility index (Phi) is 4.01. The number of nitrogens with zero attached hydrogens (tertiary/aromatic N) is 2. The topological polar surface area (TPSA) is 74.9 Å². The maximum absolute atomic E-state index is 14.2. The highest BCUT2D eigenvalue weighted by Gasteiger charge is 2.22. The molecule has 1 atom stereocenters. The van der Waals surface area contributed by atoms with E-state index in [-0.39, 0.29) is 10.6 Å². The van der Waals surface area contributed by atoms with Crippen LogP contribution in [0.15, 0.2) is 41.2 Å². The van der Waals surface area contributed by atoms with Crippen molar-refractivity contribution < 1.29 is 14.0 Å². The van der Waals surface area contributed by atoms with Gasteiger partial charge in [0.15, 0.2) is 0 Å². The zero-order valence-corrected chi connectivity index (χ0v) is 14.8. The Bertz CT molecular complexity index is 1080. The molecule has 0 fully saturated rings. The van der Waals surface area contributed by atoms with Crippen LogP contribution in [0.3, 0.4) is 0 Å². The zero-order valence-electron chi connectivity index (χ0n) is 14.0. The van der Waals surface area contributed by atoms with Crippen molar-refractivity contribution in [2.75, 3.05) is 0 Å². The van der Waals surface area contributed by atoms with Crippen LogP contribution < -0.4 is 0 Å². The Labute approximate surface area is 153 Å². The molecule has 0 saturated heterocycles. The number of hydrogen-bond donors (Lipinski definition) is 2. The van der Waals surface area contributed by atoms with Gasteiger partial charge in [-0.05, 0) is 32.0 Å². The summed E-state index contributed by atoms with van der Waals surface area (Å²) in [6.45, 7) is 3.67. The minimum Gasteiger partial charge on any atom is -0.383 e. The largest absolute Gasteiger partial charge is 0.383 e. The fourth-order valence-electron chi connectivity index (χ4n) is 3.21. The molecule has 3 heterocycles. The van der Waals surface area contributed by atoms with Crippen molar-refractivity contribution in [3.05, 3.63) is 70.1 Å². The van der Waals surface area contributed by atoms with Crippen molar-refractivity contribution in [1.82, 2.24) is 15.1 Å². The van der Waals surface area contributed by atoms with E-state index in [1.54, 1.807) is 18.5 Å². The second-order valence-corrected chi connectivity index (χ2v) is 6.51. The fourth-order valence-corrected chi connectivity index (χ4v) is 3.48. The fraction of sp³-hybridized carbons (Fsp3) is 0.158. The van der Waals surface area contributed by atoms with Gasteiger partial charge >= 0.3 is 0 Å². The number of aromatic amines is 1. The summed E-state index contributed by atoms with van der Waals surface area (Å²) in [5.74, 6) is 0.118. The first-order chi connectivity index (χ1) is 12.5. The van der Waals surface area contributed by atoms with E-state index in [4.69, 9.17) is 16.1 Å². The minimum absolute atomic E-state index is 0.0396. The predicted octanol–water partition coefficient (Wildman–Crippen LogP) is 4.71. The number of nitrogens with one attached hydrogen (secondary N) is 1. The lowest BCUT2D eigenvalue weighted by molar-refractivity contribution is 0.216. The Balaban J connectivity index is 1.88. The first-order valence-corrected chi connectivity index (χ1v) is 8.37. The van der Waals surface area contributed by atoms with Crippen molar-refractivity contribution in [3.8, 4) is 11.1 Å². The summed E-state index contributed by atoms with van der Waals surface area (Å²) in [6, 6.07) is 6.19. The molecule has 4 aromatic rings. The molecule has 1 unspecified atom stereocenters. The highest BCUT2D eigenvalue weighted by atomic mass is 35.5. The number of rotatable bonds is 3. The molecule has 0 aliphatic carbocycles. The molecule has 132 valence electrons. The molecule has 0 amide bonds. The lowest BCUT2D eigenvalue weighted by Crippen LogP contribution is -2.03. The molecule has 0 radical (unpaired) electrons. The molecule has 0 aliphatic heterocycles. The number of pyridine rings is 1. The summed E-state index contributed by atoms with van der Waals surface area (Å²) in [7, 11) is 0. The van der Waals surface area contributed by atoms with E-state index in [9.17, 15) is 9.50 Å². The molecular formula is C19H15ClFN3O2. The number of aliphatic hydroxyl groups is 1. The average Bonchev–Trinajstić information content (AvgIpc) is 3.17. The van der Waals surface area contributed by atoms with Gasteiger partial charge in [-0.15, -0.1) is 0 Å². The number of aliphatic hydroxyl groups excluding tert-OH is 1. The van der Waals surface area contributed by atoms with Crippen LogP contribution in [-0.2, 0) is 0 Å². The van der Waals surface area contributed by atoms with Gasteiger partial charge in [-0.25, -0.2) is 9.37 Å². The number of fused-ring (bicyclic) bond motifs is 1. The van der Waals surface area contributed by atoms with Gasteiger partial charge in [-0.2, -0.15) is 0 Å². The summed E-state index contributed by atoms with van der Waals surface area (Å²) < 4.78 is 19.4. The third-order valence-corrected chi connectivity index (χ3v) is 4.78. The SMILES string of the molecule is Cc1noc(C)c1-c1cnc2[nH]cc(C(O)c3c(F)cccc3Cl)c2c1. The highest BCUT2D eigenvalue weighted by molar-refractivity contribution is 6.31. The molecule has 26 heavy (non-hydrogen) atoms. The summed E-state index contributed by atoms with van der Waals surface area (Å²) in [5, 5.41) is 15.6. The molecule has 0 spiro atoms. The van der Waals surface area contributed by atoms with Crippen LogP contribution in [-0.4, -0.2) is 20.2 Å². The van der Waals surface area contributed by atoms with Crippen LogP contribution in [0.4, 0.5) is 4.39 Å². The number of hydrogen-bond acceptors (Lipinski definition) is 4. The summed E-state index contributed by atoms with van der Waals surface area (Å²) in [6.07, 6.45) is 2.10. The van der Waals surface area contributed by atoms with Gasteiger partial charge in [-0.3, -0.25) is 0 Å². The lowest BCUT2D eigenvalue weighted by atomic mass is 9.99. The van der Waals surface area contributed by atoms with E-state index in [1.807, 2.05) is 19.9 Å². The monoisotopic (exact) mass is 371 g/mol. The van der Waals surface area contributed by atoms with Gasteiger partial charge in [0.25, 0.3) is 0 Å². The number of halogens is 2. The number of aryl methyl sites for hydroxylation is 2. The van der Waals surface area contributed by atoms with E-state index in [2.05, 4.69) is 15.1 Å². The Morgan fingerprint density at radius 2 is 2.12 bits per heavy atom. The van der Waals surface area contributed by atoms with Crippen LogP contribution in [0.2, 0.25) is 5.02 Å². The van der Waals surface area contributed by atoms with Gasteiger partial charge in [0.2, 0.25) is 0 Å². The predicted molar refractivity (Wildman–Crippen MR) is 96.5 cm³/mol. The third-order valence-electron chi connectivity index (χ3n) is 4.45. The second kappa shape index (κ2) is 6.23. The van der Waals surface area contributed by atoms with Crippen molar-refractivity contribution in [3.63, 3.8) is 0 Å². The van der Waals surface area contributed by atoms with Crippen molar-refractivity contribution in [1.29, 1.82) is 0 Å². The maximum atomic E-state index is 14.2. The van der Waals surface area contributed by atoms with Gasteiger partial charge < -0.3 is 14.6 Å². The van der Waals surface area contributed by atoms with Crippen LogP contribution in [0.5, 0.6) is 0 Å². The molecule has 4 rings (SSSR count). The summed E-state index contributed by atoms with van der Waals surface area (Å²) >= 11 is 6.10. The van der Waals surface area contributed by atoms with Gasteiger partial charge in [-0.1, -0.05) is 22.8 Å². The molecule has 5 nitrogen and oxygen atoms in total. The van der Waals surface area contributed by atoms with E-state index in [0.717, 1.165) is 16.8 Å². The molecule has 0 bridgehead atoms. The standard InChI is InChI=1S/C19H15ClFN3O2/c1-9-16(10(2)26-24-9)11-6-12-13(8-23-19(12)22-7-11)18(25)17-14(20)4-3-5-15(17)21/h3-8,18,25H,1-2H3,(H,22,23). The van der Waals surface area contributed by atoms with Crippen molar-refractivity contribution in [2.24, 2.45) is 0 Å². The first-order valence-electron chi connectivity index (χ1n) is 7.99. The number of benzene rings is 1. The Morgan fingerprint density at radius 3 is 2.81 bits per heavy atom. The second-order valence-electron chi connectivity index (χ2n) is 6.10. The molecular weight excluding hydrogens is 357 g/mol. The highest BCUT2D eigenvalue weighted by Crippen LogP contribution is 2.36. The zero-order chi connectivity index (χ0) is 18.4. The van der Waals surface area contributed by atoms with E-state index >= 15 is 0 Å². The maximum Gasteiger partial charge on any atom is 0.141 e. The van der Waals surface area contributed by atoms with Gasteiger partial charge in [0.1, 0.15) is 23.3 Å². The van der Waals surface area contributed by atoms with Crippen molar-refractivity contribution in [2.45, 2.75) is 20.0 Å². The molecule has 0 aliphatic rings. The van der Waals surface area contributed by atoms with Gasteiger partial charge in [0, 0.05) is 45.1 Å². The van der Waals surface area contributed by atoms with Crippen LogP contribution >= 0.6 is 11.6 Å². The smallest absolute Gasteiger partial charge is 0.141 e. The van der Waals surface area contributed by atoms with Crippen LogP contribution in [0.1, 0.15) is 28.7 Å². The van der Waals surface area contributed by atoms with Crippen molar-refractivity contribution >= 4 is 22.6 Å². The molecule has 7 heteroatoms. The number of H-pyrrole nitrogens is 1. The quantitative estimate of drug-likeness (QED) is 0.547. The van der Waals surface area contributed by atoms with Crippen LogP contribution in [0.25, 0.3) is 22.2 Å². The lowest BCUT2D eigenvalue weighted by Gasteiger charge is -2.13. The molecule has 1 aromatic carbocycles. The first kappa shape index (κ1) is 16.8. The third kappa shape index (κ3) is 2.58. The summed E-state index contributed by atoms with van der Waals surface area (Å²) in [5.41, 5.74) is 3.53. The Morgan fingerprint density at radius 1 is 1.31 bits per heavy atom. The van der Waals surface area contributed by atoms with Gasteiger partial charge in [0.05, 0.1) is 5.69 Å². The average molecular weight is 372 g/mol. The summed E-state index contributed by atoms with van der Waals surface area (Å²) in [4.78, 5) is 7.40. The molecule has 2 N–H and O–H groups in total. The van der Waals surface area contributed by atoms with E-state index < -0.39 is 11.9 Å². The van der Waals surface area contributed by atoms with Crippen LogP contribution in [0, 0.1) is 19.7 Å². The van der Waals surface area contributed by atoms with E-state index in [0.29, 0.717) is 22.4 Å².